The minimum Gasteiger partial charge on any atom is -0.352 e. The molecular weight excluding hydrogens is 212 g/mol. The van der Waals surface area contributed by atoms with Crippen LogP contribution in [0.2, 0.25) is 0 Å². The Morgan fingerprint density at radius 3 is 2.41 bits per heavy atom. The van der Waals surface area contributed by atoms with Crippen LogP contribution < -0.4 is 11.1 Å². The van der Waals surface area contributed by atoms with E-state index in [9.17, 15) is 4.79 Å². The van der Waals surface area contributed by atoms with E-state index in [1.54, 1.807) is 0 Å². The maximum absolute atomic E-state index is 12.1. The molecule has 0 aromatic rings. The van der Waals surface area contributed by atoms with Crippen molar-refractivity contribution in [2.45, 2.75) is 37.8 Å². The van der Waals surface area contributed by atoms with E-state index in [1.807, 2.05) is 12.2 Å². The standard InChI is InChI=1S/C14H20N2O/c15-10-4-3-9(6-10)14(17)16-13-11-7-1-2-8(5-7)12(11)13/h3-4,7-13H,1-2,5-6,15H2,(H,16,17). The van der Waals surface area contributed by atoms with Gasteiger partial charge in [-0.25, -0.2) is 0 Å². The van der Waals surface area contributed by atoms with Crippen LogP contribution in [0.25, 0.3) is 0 Å². The van der Waals surface area contributed by atoms with E-state index in [0.717, 1.165) is 30.1 Å². The molecule has 4 aliphatic carbocycles. The smallest absolute Gasteiger partial charge is 0.227 e. The van der Waals surface area contributed by atoms with E-state index in [0.29, 0.717) is 6.04 Å². The first kappa shape index (κ1) is 10.1. The SMILES string of the molecule is NC1C=CC(C(=O)NC2C3C4CCC(C4)C23)C1. The minimum atomic E-state index is 0.0315. The first-order valence-electron chi connectivity index (χ1n) is 6.98. The Balaban J connectivity index is 1.37. The van der Waals surface area contributed by atoms with Gasteiger partial charge in [0.2, 0.25) is 5.91 Å². The molecule has 0 radical (unpaired) electrons. The number of amides is 1. The van der Waals surface area contributed by atoms with E-state index in [-0.39, 0.29) is 17.9 Å². The second kappa shape index (κ2) is 3.35. The van der Waals surface area contributed by atoms with E-state index in [2.05, 4.69) is 5.32 Å². The summed E-state index contributed by atoms with van der Waals surface area (Å²) in [5.74, 6) is 3.76. The first-order chi connectivity index (χ1) is 8.24. The van der Waals surface area contributed by atoms with Crippen molar-refractivity contribution in [2.75, 3.05) is 0 Å². The van der Waals surface area contributed by atoms with E-state index >= 15 is 0 Å². The van der Waals surface area contributed by atoms with Crippen LogP contribution in [-0.4, -0.2) is 18.0 Å². The third kappa shape index (κ3) is 1.41. The molecule has 6 atom stereocenters. The van der Waals surface area contributed by atoms with Gasteiger partial charge in [-0.1, -0.05) is 12.2 Å². The van der Waals surface area contributed by atoms with E-state index in [1.165, 1.54) is 19.3 Å². The highest BCUT2D eigenvalue weighted by molar-refractivity contribution is 5.81. The molecular formula is C14H20N2O. The summed E-state index contributed by atoms with van der Waals surface area (Å²) < 4.78 is 0. The van der Waals surface area contributed by atoms with Gasteiger partial charge in [0, 0.05) is 12.1 Å². The second-order valence-corrected chi connectivity index (χ2v) is 6.41. The molecule has 4 aliphatic rings. The van der Waals surface area contributed by atoms with E-state index in [4.69, 9.17) is 5.73 Å². The van der Waals surface area contributed by atoms with Crippen LogP contribution in [0.15, 0.2) is 12.2 Å². The summed E-state index contributed by atoms with van der Waals surface area (Å²) in [6, 6.07) is 0.597. The van der Waals surface area contributed by atoms with Crippen molar-refractivity contribution in [1.29, 1.82) is 0 Å². The molecule has 92 valence electrons. The molecule has 6 unspecified atom stereocenters. The number of rotatable bonds is 2. The van der Waals surface area contributed by atoms with Crippen LogP contribution >= 0.6 is 0 Å². The van der Waals surface area contributed by atoms with Gasteiger partial charge in [0.15, 0.2) is 0 Å². The lowest BCUT2D eigenvalue weighted by Gasteiger charge is -2.13. The van der Waals surface area contributed by atoms with Crippen molar-refractivity contribution in [3.8, 4) is 0 Å². The van der Waals surface area contributed by atoms with Crippen LogP contribution in [-0.2, 0) is 4.79 Å². The van der Waals surface area contributed by atoms with Gasteiger partial charge in [0.25, 0.3) is 0 Å². The molecule has 0 aliphatic heterocycles. The van der Waals surface area contributed by atoms with Crippen LogP contribution in [0, 0.1) is 29.6 Å². The highest BCUT2D eigenvalue weighted by Crippen LogP contribution is 2.65. The molecule has 17 heavy (non-hydrogen) atoms. The number of nitrogens with two attached hydrogens (primary N) is 1. The highest BCUT2D eigenvalue weighted by Gasteiger charge is 2.65. The van der Waals surface area contributed by atoms with Gasteiger partial charge in [-0.3, -0.25) is 4.79 Å². The van der Waals surface area contributed by atoms with Crippen molar-refractivity contribution in [3.63, 3.8) is 0 Å². The van der Waals surface area contributed by atoms with Crippen LogP contribution in [0.5, 0.6) is 0 Å². The van der Waals surface area contributed by atoms with Gasteiger partial charge in [-0.15, -0.1) is 0 Å². The van der Waals surface area contributed by atoms with E-state index < -0.39 is 0 Å². The van der Waals surface area contributed by atoms with Gasteiger partial charge < -0.3 is 11.1 Å². The van der Waals surface area contributed by atoms with Gasteiger partial charge in [-0.05, 0) is 49.4 Å². The Hall–Kier alpha value is -0.830. The summed E-state index contributed by atoms with van der Waals surface area (Å²) in [5, 5.41) is 3.27. The molecule has 4 rings (SSSR count). The lowest BCUT2D eigenvalue weighted by atomic mass is 10.0. The molecule has 0 spiro atoms. The zero-order valence-corrected chi connectivity index (χ0v) is 10.0. The average Bonchev–Trinajstić information content (AvgIpc) is 2.77. The zero-order valence-electron chi connectivity index (χ0n) is 10.0. The fourth-order valence-corrected chi connectivity index (χ4v) is 4.71. The lowest BCUT2D eigenvalue weighted by molar-refractivity contribution is -0.124. The number of carbonyl (C=O) groups excluding carboxylic acids is 1. The molecule has 3 fully saturated rings. The summed E-state index contributed by atoms with van der Waals surface area (Å²) in [4.78, 5) is 12.1. The second-order valence-electron chi connectivity index (χ2n) is 6.41. The van der Waals surface area contributed by atoms with Gasteiger partial charge in [0.1, 0.15) is 0 Å². The highest BCUT2D eigenvalue weighted by atomic mass is 16.2. The molecule has 3 saturated carbocycles. The molecule has 2 bridgehead atoms. The Morgan fingerprint density at radius 2 is 1.82 bits per heavy atom. The van der Waals surface area contributed by atoms with Gasteiger partial charge in [-0.2, -0.15) is 0 Å². The number of hydrogen-bond acceptors (Lipinski definition) is 2. The number of hydrogen-bond donors (Lipinski definition) is 2. The minimum absolute atomic E-state index is 0.0315. The van der Waals surface area contributed by atoms with Crippen LogP contribution in [0.1, 0.15) is 25.7 Å². The number of nitrogens with one attached hydrogen (secondary N) is 1. The summed E-state index contributed by atoms with van der Waals surface area (Å²) in [6.07, 6.45) is 8.99. The Bertz CT molecular complexity index is 376. The number of fused-ring (bicyclic) bond motifs is 5. The maximum Gasteiger partial charge on any atom is 0.227 e. The molecule has 0 saturated heterocycles. The van der Waals surface area contributed by atoms with Crippen molar-refractivity contribution in [1.82, 2.24) is 5.32 Å². The summed E-state index contributed by atoms with van der Waals surface area (Å²) in [5.41, 5.74) is 5.79. The lowest BCUT2D eigenvalue weighted by Crippen LogP contribution is -2.35. The predicted octanol–water partition coefficient (Wildman–Crippen LogP) is 1.05. The van der Waals surface area contributed by atoms with Gasteiger partial charge in [0.05, 0.1) is 5.92 Å². The average molecular weight is 232 g/mol. The fourth-order valence-electron chi connectivity index (χ4n) is 4.71. The maximum atomic E-state index is 12.1. The number of carbonyl (C=O) groups is 1. The Labute approximate surface area is 102 Å². The molecule has 3 heteroatoms. The predicted molar refractivity (Wildman–Crippen MR) is 65.0 cm³/mol. The summed E-state index contributed by atoms with van der Waals surface area (Å²) in [6.45, 7) is 0. The largest absolute Gasteiger partial charge is 0.352 e. The van der Waals surface area contributed by atoms with Crippen molar-refractivity contribution in [3.05, 3.63) is 12.2 Å². The van der Waals surface area contributed by atoms with Crippen molar-refractivity contribution in [2.24, 2.45) is 35.3 Å². The summed E-state index contributed by atoms with van der Waals surface area (Å²) in [7, 11) is 0. The monoisotopic (exact) mass is 232 g/mol. The first-order valence-corrected chi connectivity index (χ1v) is 6.98. The molecule has 0 heterocycles. The molecule has 3 nitrogen and oxygen atoms in total. The fraction of sp³-hybridized carbons (Fsp3) is 0.786. The molecule has 3 N–H and O–H groups in total. The molecule has 0 aromatic carbocycles. The Morgan fingerprint density at radius 1 is 1.12 bits per heavy atom. The third-order valence-electron chi connectivity index (χ3n) is 5.50. The molecule has 1 amide bonds. The third-order valence-corrected chi connectivity index (χ3v) is 5.50. The topological polar surface area (TPSA) is 55.1 Å². The zero-order chi connectivity index (χ0) is 11.6. The van der Waals surface area contributed by atoms with Crippen molar-refractivity contribution < 1.29 is 4.79 Å². The Kier molecular flexibility index (Phi) is 1.99. The summed E-state index contributed by atoms with van der Waals surface area (Å²) >= 11 is 0. The van der Waals surface area contributed by atoms with Crippen LogP contribution in [0.3, 0.4) is 0 Å². The quantitative estimate of drug-likeness (QED) is 0.699. The van der Waals surface area contributed by atoms with Crippen LogP contribution in [0.4, 0.5) is 0 Å². The van der Waals surface area contributed by atoms with Gasteiger partial charge >= 0.3 is 0 Å². The van der Waals surface area contributed by atoms with Crippen molar-refractivity contribution >= 4 is 5.91 Å². The molecule has 0 aromatic heterocycles. The normalized spacial score (nSPS) is 53.8.